The predicted molar refractivity (Wildman–Crippen MR) is 395 cm³/mol. The van der Waals surface area contributed by atoms with Crippen molar-refractivity contribution in [2.45, 2.75) is 110 Å². The summed E-state index contributed by atoms with van der Waals surface area (Å²) in [6.45, 7) is 10.7. The quantitative estimate of drug-likeness (QED) is 0.0274. The number of anilines is 2. The van der Waals surface area contributed by atoms with Crippen LogP contribution < -0.4 is 45.1 Å². The third-order valence-electron chi connectivity index (χ3n) is 18.7. The van der Waals surface area contributed by atoms with Gasteiger partial charge in [-0.3, -0.25) is 43.5 Å². The number of rotatable bonds is 34. The fraction of sp³-hybridized carbons (Fsp3) is 0.388. The predicted octanol–water partition coefficient (Wildman–Crippen LogP) is 10.1. The molecule has 0 aliphatic carbocycles. The average molecular weight is 1420 g/mol. The Morgan fingerprint density at radius 2 is 1.11 bits per heavy atom. The van der Waals surface area contributed by atoms with E-state index >= 15 is 0 Å². The number of carbonyl (C=O) groups excluding carboxylic acids is 7. The second-order valence-electron chi connectivity index (χ2n) is 26.3. The van der Waals surface area contributed by atoms with Gasteiger partial charge in [0.15, 0.2) is 11.5 Å². The molecule has 24 heteroatoms. The van der Waals surface area contributed by atoms with Crippen LogP contribution in [-0.4, -0.2) is 175 Å². The molecular weight excluding hydrogens is 1330 g/mol. The molecule has 11 rings (SSSR count). The summed E-state index contributed by atoms with van der Waals surface area (Å²) in [5.41, 5.74) is 11.4. The van der Waals surface area contributed by atoms with Crippen LogP contribution in [0, 0.1) is 12.8 Å². The zero-order chi connectivity index (χ0) is 73.1. The fourth-order valence-corrected chi connectivity index (χ4v) is 12.9. The summed E-state index contributed by atoms with van der Waals surface area (Å²) in [5, 5.41) is 11.2. The SMILES string of the molecule is COc1ccc(C2=CN3C(=O)c4cc(C)c(OCCCOc5cc6c(cc5OC)C(=O)N5C=C(c7ccc(NC(=O)[C@H](C)NC(=O)[C@@H](NC(=O)CCOCCOCCOCCOCCNC(=O)CCC(=O)N8Cc9ccccc9CCc9ccccc98)C(C)C)cc7)CC5C=N6)cc4N=CC3C2)cc1. The Bertz CT molecular complexity index is 4210. The minimum absolute atomic E-state index is 0.00843. The number of carbonyl (C=O) groups is 7. The number of para-hydroxylation sites is 1. The lowest BCUT2D eigenvalue weighted by Crippen LogP contribution is -2.53. The molecule has 0 radical (unpaired) electrons. The first-order chi connectivity index (χ1) is 50.5. The Balaban J connectivity index is 0.532. The molecule has 546 valence electrons. The van der Waals surface area contributed by atoms with Crippen molar-refractivity contribution in [1.29, 1.82) is 0 Å². The maximum Gasteiger partial charge on any atom is 0.260 e. The van der Waals surface area contributed by atoms with Crippen molar-refractivity contribution in [3.63, 3.8) is 0 Å². The van der Waals surface area contributed by atoms with Crippen molar-refractivity contribution >= 4 is 87.7 Å². The lowest BCUT2D eigenvalue weighted by atomic mass is 9.95. The van der Waals surface area contributed by atoms with Crippen molar-refractivity contribution < 1.29 is 71.5 Å². The van der Waals surface area contributed by atoms with Crippen molar-refractivity contribution in [3.8, 4) is 23.0 Å². The molecule has 104 heavy (non-hydrogen) atoms. The molecule has 0 spiro atoms. The van der Waals surface area contributed by atoms with Crippen LogP contribution in [0.5, 0.6) is 23.0 Å². The number of nitrogens with zero attached hydrogens (tertiary/aromatic N) is 5. The van der Waals surface area contributed by atoms with Crippen LogP contribution >= 0.6 is 0 Å². The summed E-state index contributed by atoms with van der Waals surface area (Å²) in [6.07, 6.45) is 10.9. The maximum absolute atomic E-state index is 14.2. The van der Waals surface area contributed by atoms with E-state index in [1.54, 1.807) is 73.1 Å². The van der Waals surface area contributed by atoms with Crippen LogP contribution in [0.3, 0.4) is 0 Å². The van der Waals surface area contributed by atoms with Crippen LogP contribution in [0.4, 0.5) is 22.7 Å². The molecular formula is C80H91N9O15. The number of amides is 7. The number of aliphatic imine (C=N–C) groups is 2. The molecule has 24 nitrogen and oxygen atoms in total. The summed E-state index contributed by atoms with van der Waals surface area (Å²) in [4.78, 5) is 109. The van der Waals surface area contributed by atoms with E-state index in [1.165, 1.54) is 12.7 Å². The van der Waals surface area contributed by atoms with Crippen LogP contribution in [0.1, 0.15) is 113 Å². The second kappa shape index (κ2) is 36.1. The topological polar surface area (TPSA) is 276 Å². The molecule has 4 atom stereocenters. The van der Waals surface area contributed by atoms with E-state index in [9.17, 15) is 33.6 Å². The Morgan fingerprint density at radius 1 is 0.548 bits per heavy atom. The van der Waals surface area contributed by atoms with Gasteiger partial charge in [-0.05, 0) is 120 Å². The van der Waals surface area contributed by atoms with E-state index in [4.69, 9.17) is 47.9 Å². The highest BCUT2D eigenvalue weighted by atomic mass is 16.6. The van der Waals surface area contributed by atoms with Gasteiger partial charge in [0.25, 0.3) is 11.8 Å². The van der Waals surface area contributed by atoms with E-state index in [0.717, 1.165) is 63.2 Å². The minimum atomic E-state index is -0.942. The first kappa shape index (κ1) is 74.7. The maximum atomic E-state index is 14.2. The smallest absolute Gasteiger partial charge is 0.260 e. The standard InChI is InChI=1S/C80H91N9O15/c1-51(2)76(86-74(91)28-32-99-34-36-101-38-39-102-37-35-100-33-29-81-73(90)26-27-75(92)89-48-58-14-8-7-12-54(58)16-17-57-13-9-10-15-69(57)89)78(94)84-53(4)77(93)85-61-22-18-55(19-23-61)59-41-63-47-83-68-45-72(71(98-6)43-66(68)80(96)88(63)49-59)104-31-11-30-103-70-44-67-65(40-52(70)3)79(95)87-50-60(42-62(87)46-82-67)56-20-24-64(97-5)25-21-56/h7-10,12-15,18-25,40,43-47,49-51,53,62-63,76H,11,16-17,26-39,41-42,48H2,1-6H3,(H,81,90)(H,84,94)(H,85,93)(H,86,91)/t53-,62?,63?,76-/m0/s1. The summed E-state index contributed by atoms with van der Waals surface area (Å²) in [6, 6.07) is 35.8. The summed E-state index contributed by atoms with van der Waals surface area (Å²) >= 11 is 0. The number of nitrogens with one attached hydrogen (secondary N) is 4. The van der Waals surface area contributed by atoms with Crippen molar-refractivity contribution in [3.05, 3.63) is 178 Å². The average Bonchev–Trinajstić information content (AvgIpc) is 1.58. The van der Waals surface area contributed by atoms with Gasteiger partial charge in [-0.2, -0.15) is 0 Å². The molecule has 5 aliphatic rings. The fourth-order valence-electron chi connectivity index (χ4n) is 12.9. The van der Waals surface area contributed by atoms with Crippen molar-refractivity contribution in [2.75, 3.05) is 97.0 Å². The highest BCUT2D eigenvalue weighted by Gasteiger charge is 2.36. The largest absolute Gasteiger partial charge is 0.497 e. The summed E-state index contributed by atoms with van der Waals surface area (Å²) < 4.78 is 45.8. The van der Waals surface area contributed by atoms with E-state index < -0.39 is 23.9 Å². The van der Waals surface area contributed by atoms with Gasteiger partial charge in [0.05, 0.1) is 121 Å². The van der Waals surface area contributed by atoms with Gasteiger partial charge in [-0.25, -0.2) is 0 Å². The molecule has 4 N–H and O–H groups in total. The number of hydrogen-bond donors (Lipinski definition) is 4. The van der Waals surface area contributed by atoms with Gasteiger partial charge < -0.3 is 73.9 Å². The van der Waals surface area contributed by atoms with Crippen molar-refractivity contribution in [2.24, 2.45) is 15.9 Å². The third-order valence-corrected chi connectivity index (χ3v) is 18.7. The number of ether oxygens (including phenoxy) is 8. The Labute approximate surface area is 606 Å². The van der Waals surface area contributed by atoms with Crippen LogP contribution in [0.15, 0.2) is 144 Å². The summed E-state index contributed by atoms with van der Waals surface area (Å²) in [5.74, 6) is -0.109. The van der Waals surface area contributed by atoms with Crippen LogP contribution in [-0.2, 0) is 62.3 Å². The molecule has 0 aromatic heterocycles. The highest BCUT2D eigenvalue weighted by Crippen LogP contribution is 2.42. The normalized spacial score (nSPS) is 16.2. The van der Waals surface area contributed by atoms with Crippen LogP contribution in [0.2, 0.25) is 0 Å². The van der Waals surface area contributed by atoms with Gasteiger partial charge in [0.2, 0.25) is 29.5 Å². The zero-order valence-corrected chi connectivity index (χ0v) is 59.7. The molecule has 6 aromatic rings. The van der Waals surface area contributed by atoms with Gasteiger partial charge in [-0.15, -0.1) is 0 Å². The number of methoxy groups -OCH3 is 2. The number of aryl methyl sites for hydroxylation is 3. The first-order valence-electron chi connectivity index (χ1n) is 35.5. The number of fused-ring (bicyclic) bond motifs is 6. The molecule has 0 saturated heterocycles. The van der Waals surface area contributed by atoms with E-state index in [2.05, 4.69) is 39.5 Å². The lowest BCUT2D eigenvalue weighted by molar-refractivity contribution is -0.132. The Morgan fingerprint density at radius 3 is 1.73 bits per heavy atom. The molecule has 0 saturated carbocycles. The second-order valence-corrected chi connectivity index (χ2v) is 26.3. The monoisotopic (exact) mass is 1420 g/mol. The Kier molecular flexibility index (Phi) is 25.9. The first-order valence-corrected chi connectivity index (χ1v) is 35.5. The lowest BCUT2D eigenvalue weighted by Gasteiger charge is -2.29. The number of hydrogen-bond acceptors (Lipinski definition) is 17. The van der Waals surface area contributed by atoms with Gasteiger partial charge in [0.1, 0.15) is 23.6 Å². The Hall–Kier alpha value is -10.5. The van der Waals surface area contributed by atoms with Gasteiger partial charge in [0, 0.05) is 93.4 Å². The highest BCUT2D eigenvalue weighted by molar-refractivity contribution is 6.07. The molecule has 6 aromatic carbocycles. The van der Waals surface area contributed by atoms with E-state index in [0.29, 0.717) is 117 Å². The minimum Gasteiger partial charge on any atom is -0.497 e. The van der Waals surface area contributed by atoms with Gasteiger partial charge in [-0.1, -0.05) is 80.6 Å². The van der Waals surface area contributed by atoms with E-state index in [-0.39, 0.29) is 93.2 Å². The molecule has 0 bridgehead atoms. The van der Waals surface area contributed by atoms with Gasteiger partial charge >= 0.3 is 0 Å². The zero-order valence-electron chi connectivity index (χ0n) is 59.7. The molecule has 0 fully saturated rings. The molecule has 7 amide bonds. The van der Waals surface area contributed by atoms with Crippen molar-refractivity contribution in [1.82, 2.24) is 25.8 Å². The van der Waals surface area contributed by atoms with Crippen LogP contribution in [0.25, 0.3) is 11.1 Å². The molecule has 5 heterocycles. The molecule has 5 aliphatic heterocycles. The molecule has 2 unspecified atom stereocenters. The summed E-state index contributed by atoms with van der Waals surface area (Å²) in [7, 11) is 3.15. The number of benzene rings is 6. The third kappa shape index (κ3) is 19.2. The van der Waals surface area contributed by atoms with E-state index in [1.807, 2.05) is 104 Å².